The highest BCUT2D eigenvalue weighted by atomic mass is 32.2. The van der Waals surface area contributed by atoms with Gasteiger partial charge in [0.1, 0.15) is 6.07 Å². The predicted molar refractivity (Wildman–Crippen MR) is 81.8 cm³/mol. The number of rotatable bonds is 5. The van der Waals surface area contributed by atoms with Crippen LogP contribution in [0.4, 0.5) is 13.2 Å². The third kappa shape index (κ3) is 4.92. The molecule has 1 heterocycles. The number of halogens is 3. The molecule has 1 aliphatic heterocycles. The molecule has 2 rings (SSSR count). The topological polar surface area (TPSA) is 27.0 Å². The van der Waals surface area contributed by atoms with Crippen molar-refractivity contribution in [2.45, 2.75) is 36.8 Å². The number of nitriles is 1. The van der Waals surface area contributed by atoms with Crippen LogP contribution in [0, 0.1) is 11.3 Å². The zero-order valence-corrected chi connectivity index (χ0v) is 13.1. The van der Waals surface area contributed by atoms with Gasteiger partial charge in [-0.1, -0.05) is 6.42 Å². The molecule has 1 aliphatic rings. The summed E-state index contributed by atoms with van der Waals surface area (Å²) in [5, 5.41) is 9.02. The number of piperidine rings is 1. The molecule has 1 saturated heterocycles. The van der Waals surface area contributed by atoms with Crippen LogP contribution in [-0.4, -0.2) is 30.3 Å². The van der Waals surface area contributed by atoms with E-state index in [1.54, 1.807) is 0 Å². The molecule has 0 unspecified atom stereocenters. The molecule has 0 N–H and O–H groups in total. The van der Waals surface area contributed by atoms with Gasteiger partial charge in [0.05, 0.1) is 11.1 Å². The zero-order chi connectivity index (χ0) is 16.0. The first kappa shape index (κ1) is 17.2. The van der Waals surface area contributed by atoms with Gasteiger partial charge in [0, 0.05) is 4.90 Å². The number of benzene rings is 1. The molecule has 0 saturated carbocycles. The SMILES string of the molecule is N#Cc1ccc(C(F)(F)F)cc1SCCCN1CCCCC1. The van der Waals surface area contributed by atoms with Gasteiger partial charge in [-0.2, -0.15) is 18.4 Å². The summed E-state index contributed by atoms with van der Waals surface area (Å²) in [4.78, 5) is 2.83. The highest BCUT2D eigenvalue weighted by Crippen LogP contribution is 2.33. The lowest BCUT2D eigenvalue weighted by molar-refractivity contribution is -0.137. The van der Waals surface area contributed by atoms with E-state index in [2.05, 4.69) is 4.90 Å². The number of nitrogens with zero attached hydrogens (tertiary/aromatic N) is 2. The number of likely N-dealkylation sites (tertiary alicyclic amines) is 1. The van der Waals surface area contributed by atoms with Gasteiger partial charge < -0.3 is 4.90 Å². The Balaban J connectivity index is 1.89. The van der Waals surface area contributed by atoms with Crippen LogP contribution >= 0.6 is 11.8 Å². The number of thioether (sulfide) groups is 1. The zero-order valence-electron chi connectivity index (χ0n) is 12.3. The van der Waals surface area contributed by atoms with E-state index in [0.717, 1.165) is 43.9 Å². The number of hydrogen-bond donors (Lipinski definition) is 0. The van der Waals surface area contributed by atoms with E-state index in [4.69, 9.17) is 5.26 Å². The molecule has 0 atom stereocenters. The second-order valence-corrected chi connectivity index (χ2v) is 6.56. The normalized spacial score (nSPS) is 16.5. The van der Waals surface area contributed by atoms with Gasteiger partial charge in [-0.3, -0.25) is 0 Å². The van der Waals surface area contributed by atoms with Crippen molar-refractivity contribution in [3.8, 4) is 6.07 Å². The first-order valence-corrected chi connectivity index (χ1v) is 8.46. The summed E-state index contributed by atoms with van der Waals surface area (Å²) in [6.45, 7) is 3.23. The molecule has 120 valence electrons. The lowest BCUT2D eigenvalue weighted by atomic mass is 10.1. The van der Waals surface area contributed by atoms with E-state index < -0.39 is 11.7 Å². The van der Waals surface area contributed by atoms with Crippen LogP contribution < -0.4 is 0 Å². The smallest absolute Gasteiger partial charge is 0.303 e. The van der Waals surface area contributed by atoms with E-state index in [0.29, 0.717) is 10.5 Å². The van der Waals surface area contributed by atoms with Crippen molar-refractivity contribution >= 4 is 11.8 Å². The predicted octanol–water partition coefficient (Wildman–Crippen LogP) is 4.55. The first-order valence-electron chi connectivity index (χ1n) is 7.47. The van der Waals surface area contributed by atoms with Crippen molar-refractivity contribution in [3.63, 3.8) is 0 Å². The van der Waals surface area contributed by atoms with Crippen LogP contribution in [0.1, 0.15) is 36.8 Å². The second kappa shape index (κ2) is 7.89. The molecule has 0 bridgehead atoms. The Morgan fingerprint density at radius 3 is 2.55 bits per heavy atom. The molecule has 0 aliphatic carbocycles. The minimum atomic E-state index is -4.36. The van der Waals surface area contributed by atoms with Gasteiger partial charge in [0.25, 0.3) is 0 Å². The average molecular weight is 328 g/mol. The van der Waals surface area contributed by atoms with Crippen LogP contribution in [0.25, 0.3) is 0 Å². The fraction of sp³-hybridized carbons (Fsp3) is 0.562. The van der Waals surface area contributed by atoms with E-state index in [-0.39, 0.29) is 0 Å². The summed E-state index contributed by atoms with van der Waals surface area (Å²) >= 11 is 1.34. The Morgan fingerprint density at radius 2 is 1.91 bits per heavy atom. The minimum Gasteiger partial charge on any atom is -0.303 e. The third-order valence-corrected chi connectivity index (χ3v) is 4.90. The van der Waals surface area contributed by atoms with Crippen molar-refractivity contribution < 1.29 is 13.2 Å². The Morgan fingerprint density at radius 1 is 1.18 bits per heavy atom. The highest BCUT2D eigenvalue weighted by Gasteiger charge is 2.31. The van der Waals surface area contributed by atoms with E-state index in [9.17, 15) is 13.2 Å². The Kier molecular flexibility index (Phi) is 6.16. The maximum Gasteiger partial charge on any atom is 0.416 e. The summed E-state index contributed by atoms with van der Waals surface area (Å²) in [7, 11) is 0. The standard InChI is InChI=1S/C16H19F3N2S/c17-16(18,19)14-6-5-13(12-20)15(11-14)22-10-4-9-21-7-2-1-3-8-21/h5-6,11H,1-4,7-10H2. The summed E-state index contributed by atoms with van der Waals surface area (Å²) in [6, 6.07) is 5.28. The highest BCUT2D eigenvalue weighted by molar-refractivity contribution is 7.99. The Bertz CT molecular complexity index is 531. The molecule has 0 spiro atoms. The van der Waals surface area contributed by atoms with E-state index in [1.165, 1.54) is 37.1 Å². The average Bonchev–Trinajstić information content (AvgIpc) is 2.51. The van der Waals surface area contributed by atoms with Crippen LogP contribution in [0.5, 0.6) is 0 Å². The lowest BCUT2D eigenvalue weighted by Gasteiger charge is -2.26. The second-order valence-electron chi connectivity index (χ2n) is 5.42. The van der Waals surface area contributed by atoms with Gasteiger partial charge in [-0.15, -0.1) is 11.8 Å². The number of hydrogen-bond acceptors (Lipinski definition) is 3. The Labute approximate surface area is 133 Å². The lowest BCUT2D eigenvalue weighted by Crippen LogP contribution is -2.30. The Hall–Kier alpha value is -1.19. The monoisotopic (exact) mass is 328 g/mol. The molecule has 0 aromatic heterocycles. The molecule has 2 nitrogen and oxygen atoms in total. The molecular weight excluding hydrogens is 309 g/mol. The molecule has 1 aromatic rings. The maximum absolute atomic E-state index is 12.7. The molecule has 0 amide bonds. The summed E-state index contributed by atoms with van der Waals surface area (Å²) in [5.74, 6) is 0.729. The fourth-order valence-corrected chi connectivity index (χ4v) is 3.54. The molecule has 6 heteroatoms. The van der Waals surface area contributed by atoms with Gasteiger partial charge in [0.15, 0.2) is 0 Å². The van der Waals surface area contributed by atoms with Crippen molar-refractivity contribution in [1.82, 2.24) is 4.90 Å². The van der Waals surface area contributed by atoms with Crippen molar-refractivity contribution in [2.24, 2.45) is 0 Å². The molecule has 0 radical (unpaired) electrons. The van der Waals surface area contributed by atoms with Crippen molar-refractivity contribution in [1.29, 1.82) is 5.26 Å². The molecule has 1 aromatic carbocycles. The van der Waals surface area contributed by atoms with E-state index >= 15 is 0 Å². The van der Waals surface area contributed by atoms with Gasteiger partial charge in [-0.05, 0) is 62.8 Å². The van der Waals surface area contributed by atoms with Gasteiger partial charge in [0.2, 0.25) is 0 Å². The van der Waals surface area contributed by atoms with Crippen LogP contribution in [-0.2, 0) is 6.18 Å². The van der Waals surface area contributed by atoms with Gasteiger partial charge >= 0.3 is 6.18 Å². The maximum atomic E-state index is 12.7. The fourth-order valence-electron chi connectivity index (χ4n) is 2.56. The van der Waals surface area contributed by atoms with Crippen LogP contribution in [0.2, 0.25) is 0 Å². The van der Waals surface area contributed by atoms with Crippen LogP contribution in [0.15, 0.2) is 23.1 Å². The largest absolute Gasteiger partial charge is 0.416 e. The van der Waals surface area contributed by atoms with Crippen molar-refractivity contribution in [2.75, 3.05) is 25.4 Å². The van der Waals surface area contributed by atoms with Gasteiger partial charge in [-0.25, -0.2) is 0 Å². The minimum absolute atomic E-state index is 0.316. The molecule has 22 heavy (non-hydrogen) atoms. The summed E-state index contributed by atoms with van der Waals surface area (Å²) in [6.07, 6.45) is 0.322. The quantitative estimate of drug-likeness (QED) is 0.586. The molecular formula is C16H19F3N2S. The summed E-state index contributed by atoms with van der Waals surface area (Å²) < 4.78 is 38.2. The van der Waals surface area contributed by atoms with Crippen LogP contribution in [0.3, 0.4) is 0 Å². The molecule has 1 fully saturated rings. The summed E-state index contributed by atoms with van der Waals surface area (Å²) in [5.41, 5.74) is -0.374. The third-order valence-electron chi connectivity index (χ3n) is 3.75. The first-order chi connectivity index (χ1) is 10.5. The van der Waals surface area contributed by atoms with Crippen molar-refractivity contribution in [3.05, 3.63) is 29.3 Å². The number of alkyl halides is 3. The van der Waals surface area contributed by atoms with E-state index in [1.807, 2.05) is 6.07 Å².